The molecule has 6 nitrogen and oxygen atoms in total. The third kappa shape index (κ3) is 2.73. The van der Waals surface area contributed by atoms with Crippen molar-refractivity contribution in [1.82, 2.24) is 9.78 Å². The molecular weight excluding hydrogens is 288 g/mol. The highest BCUT2D eigenvalue weighted by atomic mass is 32.2. The molecule has 0 atom stereocenters. The molecule has 21 heavy (non-hydrogen) atoms. The first-order valence-electron chi connectivity index (χ1n) is 6.53. The van der Waals surface area contributed by atoms with Crippen molar-refractivity contribution in [2.45, 2.75) is 32.6 Å². The minimum Gasteiger partial charge on any atom is -0.397 e. The zero-order chi connectivity index (χ0) is 15.9. The first-order chi connectivity index (χ1) is 9.63. The van der Waals surface area contributed by atoms with Crippen LogP contribution in [0.15, 0.2) is 17.0 Å². The number of nitrogens with two attached hydrogens (primary N) is 1. The summed E-state index contributed by atoms with van der Waals surface area (Å²) in [6, 6.07) is 3.50. The van der Waals surface area contributed by atoms with Crippen LogP contribution >= 0.6 is 0 Å². The normalized spacial score (nSPS) is 11.7. The topological polar surface area (TPSA) is 90.0 Å². The fourth-order valence-corrected chi connectivity index (χ4v) is 3.78. The molecule has 1 aromatic heterocycles. The highest BCUT2D eigenvalue weighted by Crippen LogP contribution is 2.27. The van der Waals surface area contributed by atoms with Crippen molar-refractivity contribution in [2.24, 2.45) is 7.05 Å². The molecule has 1 heterocycles. The largest absolute Gasteiger partial charge is 0.397 e. The molecule has 3 N–H and O–H groups in total. The average molecular weight is 308 g/mol. The number of anilines is 2. The first kappa shape index (κ1) is 15.4. The van der Waals surface area contributed by atoms with Crippen LogP contribution in [0.1, 0.15) is 22.5 Å². The molecule has 7 heteroatoms. The van der Waals surface area contributed by atoms with Crippen molar-refractivity contribution in [3.05, 3.63) is 34.6 Å². The van der Waals surface area contributed by atoms with Crippen molar-refractivity contribution in [1.29, 1.82) is 0 Å². The van der Waals surface area contributed by atoms with Gasteiger partial charge in [0, 0.05) is 7.05 Å². The Kier molecular flexibility index (Phi) is 3.71. The van der Waals surface area contributed by atoms with Crippen molar-refractivity contribution in [2.75, 3.05) is 10.5 Å². The van der Waals surface area contributed by atoms with E-state index in [-0.39, 0.29) is 4.90 Å². The third-order valence-electron chi connectivity index (χ3n) is 3.62. The Morgan fingerprint density at radius 1 is 1.14 bits per heavy atom. The second-order valence-corrected chi connectivity index (χ2v) is 6.87. The predicted octanol–water partition coefficient (Wildman–Crippen LogP) is 2.04. The molecule has 0 bridgehead atoms. The van der Waals surface area contributed by atoms with Gasteiger partial charge in [0.2, 0.25) is 0 Å². The SMILES string of the molecule is Cc1cc(N)c(NS(=O)(=O)c2c(C)nn(C)c2C)cc1C. The van der Waals surface area contributed by atoms with Crippen molar-refractivity contribution >= 4 is 21.4 Å². The summed E-state index contributed by atoms with van der Waals surface area (Å²) >= 11 is 0. The molecule has 0 aliphatic carbocycles. The standard InChI is InChI=1S/C14H20N4O2S/c1-8-6-12(15)13(7-9(8)2)17-21(19,20)14-10(3)16-18(5)11(14)4/h6-7,17H,15H2,1-5H3. The Hall–Kier alpha value is -2.02. The number of rotatable bonds is 3. The van der Waals surface area contributed by atoms with Crippen LogP contribution in [0.5, 0.6) is 0 Å². The molecule has 114 valence electrons. The highest BCUT2D eigenvalue weighted by molar-refractivity contribution is 7.92. The lowest BCUT2D eigenvalue weighted by Crippen LogP contribution is -2.16. The minimum atomic E-state index is -3.72. The van der Waals surface area contributed by atoms with Crippen LogP contribution in [-0.2, 0) is 17.1 Å². The van der Waals surface area contributed by atoms with Crippen LogP contribution in [0.25, 0.3) is 0 Å². The molecule has 0 radical (unpaired) electrons. The maximum Gasteiger partial charge on any atom is 0.265 e. The molecule has 0 spiro atoms. The number of sulfonamides is 1. The molecule has 0 aliphatic heterocycles. The Bertz CT molecular complexity index is 807. The van der Waals surface area contributed by atoms with E-state index in [1.54, 1.807) is 37.7 Å². The molecule has 1 aromatic carbocycles. The predicted molar refractivity (Wildman–Crippen MR) is 83.8 cm³/mol. The van der Waals surface area contributed by atoms with Gasteiger partial charge in [0.15, 0.2) is 0 Å². The summed E-state index contributed by atoms with van der Waals surface area (Å²) in [5.41, 5.74) is 9.74. The van der Waals surface area contributed by atoms with E-state index in [0.717, 1.165) is 11.1 Å². The molecule has 0 aliphatic rings. The van der Waals surface area contributed by atoms with E-state index in [2.05, 4.69) is 9.82 Å². The third-order valence-corrected chi connectivity index (χ3v) is 5.24. The second-order valence-electron chi connectivity index (χ2n) is 5.25. The summed E-state index contributed by atoms with van der Waals surface area (Å²) in [7, 11) is -2.01. The lowest BCUT2D eigenvalue weighted by molar-refractivity contribution is 0.599. The minimum absolute atomic E-state index is 0.197. The van der Waals surface area contributed by atoms with Gasteiger partial charge >= 0.3 is 0 Å². The van der Waals surface area contributed by atoms with E-state index in [1.165, 1.54) is 0 Å². The van der Waals surface area contributed by atoms with E-state index in [1.807, 2.05) is 13.8 Å². The van der Waals surface area contributed by atoms with Gasteiger partial charge in [0.1, 0.15) is 4.90 Å². The fraction of sp³-hybridized carbons (Fsp3) is 0.357. The molecule has 0 fully saturated rings. The van der Waals surface area contributed by atoms with Crippen molar-refractivity contribution < 1.29 is 8.42 Å². The maximum absolute atomic E-state index is 12.6. The molecule has 0 saturated heterocycles. The Balaban J connectivity index is 2.50. The van der Waals surface area contributed by atoms with Crippen LogP contribution < -0.4 is 10.5 Å². The molecule has 0 saturated carbocycles. The number of hydrogen-bond acceptors (Lipinski definition) is 4. The highest BCUT2D eigenvalue weighted by Gasteiger charge is 2.24. The van der Waals surface area contributed by atoms with Gasteiger partial charge in [0.25, 0.3) is 10.0 Å². The molecular formula is C14H20N4O2S. The fourth-order valence-electron chi connectivity index (χ4n) is 2.27. The van der Waals surface area contributed by atoms with Gasteiger partial charge in [-0.25, -0.2) is 8.42 Å². The summed E-state index contributed by atoms with van der Waals surface area (Å²) in [6.07, 6.45) is 0. The number of nitrogens with zero attached hydrogens (tertiary/aromatic N) is 2. The number of aromatic nitrogens is 2. The summed E-state index contributed by atoms with van der Waals surface area (Å²) in [5, 5.41) is 4.14. The van der Waals surface area contributed by atoms with E-state index in [4.69, 9.17) is 5.73 Å². The van der Waals surface area contributed by atoms with Gasteiger partial charge in [-0.3, -0.25) is 9.40 Å². The summed E-state index contributed by atoms with van der Waals surface area (Å²) < 4.78 is 29.3. The van der Waals surface area contributed by atoms with Crippen LogP contribution in [0.2, 0.25) is 0 Å². The molecule has 2 rings (SSSR count). The van der Waals surface area contributed by atoms with E-state index in [9.17, 15) is 8.42 Å². The Morgan fingerprint density at radius 3 is 2.24 bits per heavy atom. The van der Waals surface area contributed by atoms with Crippen molar-refractivity contribution in [3.8, 4) is 0 Å². The quantitative estimate of drug-likeness (QED) is 0.849. The first-order valence-corrected chi connectivity index (χ1v) is 8.01. The van der Waals surface area contributed by atoms with Gasteiger partial charge in [-0.15, -0.1) is 0 Å². The lowest BCUT2D eigenvalue weighted by atomic mass is 10.1. The van der Waals surface area contributed by atoms with Gasteiger partial charge in [-0.05, 0) is 51.0 Å². The summed E-state index contributed by atoms with van der Waals surface area (Å²) in [5.74, 6) is 0. The van der Waals surface area contributed by atoms with E-state index >= 15 is 0 Å². The molecule has 2 aromatic rings. The van der Waals surface area contributed by atoms with Crippen molar-refractivity contribution in [3.63, 3.8) is 0 Å². The van der Waals surface area contributed by atoms with Crippen LogP contribution in [0.3, 0.4) is 0 Å². The van der Waals surface area contributed by atoms with Crippen LogP contribution in [-0.4, -0.2) is 18.2 Å². The monoisotopic (exact) mass is 308 g/mol. The molecule has 0 unspecified atom stereocenters. The average Bonchev–Trinajstić information content (AvgIpc) is 2.60. The Labute approximate surface area is 125 Å². The Morgan fingerprint density at radius 2 is 1.71 bits per heavy atom. The maximum atomic E-state index is 12.6. The number of benzene rings is 1. The van der Waals surface area contributed by atoms with Gasteiger partial charge < -0.3 is 5.73 Å². The van der Waals surface area contributed by atoms with Gasteiger partial charge in [0.05, 0.1) is 22.8 Å². The van der Waals surface area contributed by atoms with Gasteiger partial charge in [-0.1, -0.05) is 0 Å². The summed E-state index contributed by atoms with van der Waals surface area (Å²) in [6.45, 7) is 7.23. The van der Waals surface area contributed by atoms with E-state index in [0.29, 0.717) is 22.8 Å². The lowest BCUT2D eigenvalue weighted by Gasteiger charge is -2.13. The number of hydrogen-bond donors (Lipinski definition) is 2. The van der Waals surface area contributed by atoms with E-state index < -0.39 is 10.0 Å². The summed E-state index contributed by atoms with van der Waals surface area (Å²) in [4.78, 5) is 0.197. The van der Waals surface area contributed by atoms with Crippen LogP contribution in [0, 0.1) is 27.7 Å². The smallest absolute Gasteiger partial charge is 0.265 e. The number of nitrogens with one attached hydrogen (secondary N) is 1. The second kappa shape index (κ2) is 5.07. The molecule has 0 amide bonds. The zero-order valence-electron chi connectivity index (χ0n) is 12.9. The zero-order valence-corrected chi connectivity index (χ0v) is 13.7. The van der Waals surface area contributed by atoms with Gasteiger partial charge in [-0.2, -0.15) is 5.10 Å². The van der Waals surface area contributed by atoms with Crippen LogP contribution in [0.4, 0.5) is 11.4 Å². The number of nitrogen functional groups attached to an aromatic ring is 1. The number of aryl methyl sites for hydroxylation is 4.